The van der Waals surface area contributed by atoms with Crippen molar-refractivity contribution in [3.63, 3.8) is 0 Å². The molecule has 1 aliphatic rings. The molecule has 0 atom stereocenters. The van der Waals surface area contributed by atoms with Crippen molar-refractivity contribution in [2.45, 2.75) is 20.4 Å². The Bertz CT molecular complexity index is 873. The second kappa shape index (κ2) is 10.5. The van der Waals surface area contributed by atoms with Gasteiger partial charge in [-0.15, -0.1) is 11.3 Å². The summed E-state index contributed by atoms with van der Waals surface area (Å²) in [5.41, 5.74) is 3.03. The Labute approximate surface area is 191 Å². The van der Waals surface area contributed by atoms with Crippen molar-refractivity contribution in [3.8, 4) is 0 Å². The van der Waals surface area contributed by atoms with Gasteiger partial charge < -0.3 is 10.2 Å². The van der Waals surface area contributed by atoms with Crippen molar-refractivity contribution in [2.75, 3.05) is 51.6 Å². The topological polar surface area (TPSA) is 55.9 Å². The van der Waals surface area contributed by atoms with Gasteiger partial charge in [0.05, 0.1) is 16.9 Å². The number of piperazine rings is 1. The number of carbonyl (C=O) groups is 2. The van der Waals surface area contributed by atoms with Crippen LogP contribution in [0.3, 0.4) is 0 Å². The third-order valence-electron chi connectivity index (χ3n) is 5.30. The SMILES string of the molecule is Cc1cccc(C)c1NC(=O)CN1CCN(C(=O)CN(C)Cc2ccc(Br)s2)CC1. The smallest absolute Gasteiger partial charge is 0.238 e. The third kappa shape index (κ3) is 6.38. The van der Waals surface area contributed by atoms with E-state index in [4.69, 9.17) is 0 Å². The normalized spacial score (nSPS) is 14.9. The molecule has 1 aromatic heterocycles. The van der Waals surface area contributed by atoms with E-state index in [1.807, 2.05) is 55.0 Å². The van der Waals surface area contributed by atoms with Crippen LogP contribution >= 0.6 is 27.3 Å². The molecule has 1 fully saturated rings. The number of aryl methyl sites for hydroxylation is 2. The van der Waals surface area contributed by atoms with Crippen LogP contribution in [0.1, 0.15) is 16.0 Å². The molecule has 3 rings (SSSR count). The molecule has 0 bridgehead atoms. The largest absolute Gasteiger partial charge is 0.339 e. The van der Waals surface area contributed by atoms with Gasteiger partial charge in [0.25, 0.3) is 0 Å². The summed E-state index contributed by atoms with van der Waals surface area (Å²) in [4.78, 5) is 32.4. The molecule has 0 aliphatic carbocycles. The van der Waals surface area contributed by atoms with E-state index in [1.165, 1.54) is 4.88 Å². The van der Waals surface area contributed by atoms with Gasteiger partial charge >= 0.3 is 0 Å². The minimum absolute atomic E-state index is 0.00554. The van der Waals surface area contributed by atoms with E-state index in [-0.39, 0.29) is 11.8 Å². The Kier molecular flexibility index (Phi) is 8.05. The zero-order valence-corrected chi connectivity index (χ0v) is 20.2. The molecule has 2 amide bonds. The molecule has 162 valence electrons. The Hall–Kier alpha value is -1.74. The standard InChI is InChI=1S/C22H29BrN4O2S/c1-16-5-4-6-17(2)22(16)24-20(28)14-26-9-11-27(12-10-26)21(29)15-25(3)13-18-7-8-19(23)30-18/h4-8H,9-15H2,1-3H3,(H,24,28). The quantitative estimate of drug-likeness (QED) is 0.643. The van der Waals surface area contributed by atoms with E-state index in [2.05, 4.69) is 32.2 Å². The summed E-state index contributed by atoms with van der Waals surface area (Å²) in [6, 6.07) is 10.1. The van der Waals surface area contributed by atoms with E-state index >= 15 is 0 Å². The van der Waals surface area contributed by atoms with Gasteiger partial charge in [-0.1, -0.05) is 18.2 Å². The van der Waals surface area contributed by atoms with Crippen LogP contribution in [0.25, 0.3) is 0 Å². The predicted molar refractivity (Wildman–Crippen MR) is 126 cm³/mol. The number of anilines is 1. The van der Waals surface area contributed by atoms with E-state index in [0.29, 0.717) is 39.3 Å². The fourth-order valence-corrected chi connectivity index (χ4v) is 5.20. The molecule has 1 N–H and O–H groups in total. The lowest BCUT2D eigenvalue weighted by atomic mass is 10.1. The molecule has 2 heterocycles. The van der Waals surface area contributed by atoms with Crippen molar-refractivity contribution >= 4 is 44.8 Å². The molecule has 0 saturated carbocycles. The van der Waals surface area contributed by atoms with Crippen LogP contribution in [0.2, 0.25) is 0 Å². The first-order chi connectivity index (χ1) is 14.3. The molecular formula is C22H29BrN4O2S. The minimum atomic E-state index is -0.00554. The molecule has 0 radical (unpaired) electrons. The van der Waals surface area contributed by atoms with Crippen LogP contribution < -0.4 is 5.32 Å². The van der Waals surface area contributed by atoms with Crippen molar-refractivity contribution < 1.29 is 9.59 Å². The van der Waals surface area contributed by atoms with Crippen LogP contribution in [0.15, 0.2) is 34.1 Å². The molecular weight excluding hydrogens is 464 g/mol. The molecule has 2 aromatic rings. The second-order valence-corrected chi connectivity index (χ2v) is 10.4. The monoisotopic (exact) mass is 492 g/mol. The highest BCUT2D eigenvalue weighted by Gasteiger charge is 2.23. The number of thiophene rings is 1. The number of rotatable bonds is 7. The summed E-state index contributed by atoms with van der Waals surface area (Å²) in [6.07, 6.45) is 0. The zero-order valence-electron chi connectivity index (χ0n) is 17.8. The second-order valence-electron chi connectivity index (χ2n) is 7.85. The Morgan fingerprint density at radius 1 is 1.10 bits per heavy atom. The maximum atomic E-state index is 12.6. The molecule has 30 heavy (non-hydrogen) atoms. The van der Waals surface area contributed by atoms with E-state index in [0.717, 1.165) is 27.1 Å². The number of hydrogen-bond donors (Lipinski definition) is 1. The number of nitrogens with zero attached hydrogens (tertiary/aromatic N) is 3. The number of hydrogen-bond acceptors (Lipinski definition) is 5. The average molecular weight is 493 g/mol. The Morgan fingerprint density at radius 3 is 2.37 bits per heavy atom. The van der Waals surface area contributed by atoms with Gasteiger partial charge in [0.15, 0.2) is 0 Å². The van der Waals surface area contributed by atoms with Gasteiger partial charge in [-0.05, 0) is 60.1 Å². The van der Waals surface area contributed by atoms with Crippen molar-refractivity contribution in [3.05, 3.63) is 50.1 Å². The van der Waals surface area contributed by atoms with Gasteiger partial charge in [0, 0.05) is 43.3 Å². The average Bonchev–Trinajstić information content (AvgIpc) is 3.09. The number of carbonyl (C=O) groups excluding carboxylic acids is 2. The van der Waals surface area contributed by atoms with Gasteiger partial charge in [0.2, 0.25) is 11.8 Å². The van der Waals surface area contributed by atoms with Crippen LogP contribution in [0.5, 0.6) is 0 Å². The molecule has 8 heteroatoms. The van der Waals surface area contributed by atoms with Crippen LogP contribution in [0.4, 0.5) is 5.69 Å². The first-order valence-electron chi connectivity index (χ1n) is 10.1. The molecule has 0 unspecified atom stereocenters. The molecule has 1 aromatic carbocycles. The number of amides is 2. The highest BCUT2D eigenvalue weighted by atomic mass is 79.9. The van der Waals surface area contributed by atoms with E-state index < -0.39 is 0 Å². The molecule has 1 saturated heterocycles. The highest BCUT2D eigenvalue weighted by molar-refractivity contribution is 9.11. The third-order valence-corrected chi connectivity index (χ3v) is 6.91. The zero-order chi connectivity index (χ0) is 21.7. The summed E-state index contributed by atoms with van der Waals surface area (Å²) in [6.45, 7) is 8.28. The molecule has 1 aliphatic heterocycles. The first kappa shape index (κ1) is 22.9. The summed E-state index contributed by atoms with van der Waals surface area (Å²) < 4.78 is 1.11. The summed E-state index contributed by atoms with van der Waals surface area (Å²) in [5, 5.41) is 3.04. The van der Waals surface area contributed by atoms with Crippen molar-refractivity contribution in [1.29, 1.82) is 0 Å². The van der Waals surface area contributed by atoms with Crippen molar-refractivity contribution in [2.24, 2.45) is 0 Å². The molecule has 6 nitrogen and oxygen atoms in total. The highest BCUT2D eigenvalue weighted by Crippen LogP contribution is 2.23. The summed E-state index contributed by atoms with van der Waals surface area (Å²) >= 11 is 5.17. The Balaban J connectivity index is 1.41. The fourth-order valence-electron chi connectivity index (χ4n) is 3.64. The van der Waals surface area contributed by atoms with E-state index in [9.17, 15) is 9.59 Å². The number of likely N-dealkylation sites (N-methyl/N-ethyl adjacent to an activating group) is 1. The number of halogens is 1. The van der Waals surface area contributed by atoms with Crippen LogP contribution in [-0.2, 0) is 16.1 Å². The van der Waals surface area contributed by atoms with Crippen LogP contribution in [0, 0.1) is 13.8 Å². The van der Waals surface area contributed by atoms with Gasteiger partial charge in [-0.25, -0.2) is 0 Å². The summed E-state index contributed by atoms with van der Waals surface area (Å²) in [5.74, 6) is 0.141. The van der Waals surface area contributed by atoms with E-state index in [1.54, 1.807) is 11.3 Å². The summed E-state index contributed by atoms with van der Waals surface area (Å²) in [7, 11) is 1.97. The minimum Gasteiger partial charge on any atom is -0.339 e. The molecule has 0 spiro atoms. The lowest BCUT2D eigenvalue weighted by Gasteiger charge is -2.35. The predicted octanol–water partition coefficient (Wildman–Crippen LogP) is 3.34. The number of benzene rings is 1. The first-order valence-corrected chi connectivity index (χ1v) is 11.7. The number of nitrogens with one attached hydrogen (secondary N) is 1. The number of para-hydroxylation sites is 1. The maximum absolute atomic E-state index is 12.6. The van der Waals surface area contributed by atoms with Gasteiger partial charge in [-0.3, -0.25) is 19.4 Å². The lowest BCUT2D eigenvalue weighted by Crippen LogP contribution is -2.52. The fraction of sp³-hybridized carbons (Fsp3) is 0.455. The van der Waals surface area contributed by atoms with Gasteiger partial charge in [0.1, 0.15) is 0 Å². The van der Waals surface area contributed by atoms with Crippen molar-refractivity contribution in [1.82, 2.24) is 14.7 Å². The van der Waals surface area contributed by atoms with Gasteiger partial charge in [-0.2, -0.15) is 0 Å². The Morgan fingerprint density at radius 2 is 1.77 bits per heavy atom. The maximum Gasteiger partial charge on any atom is 0.238 e. The van der Waals surface area contributed by atoms with Crippen LogP contribution in [-0.4, -0.2) is 72.8 Å². The lowest BCUT2D eigenvalue weighted by molar-refractivity contribution is -0.134.